The lowest BCUT2D eigenvalue weighted by Crippen LogP contribution is -2.32. The van der Waals surface area contributed by atoms with Crippen LogP contribution in [0.1, 0.15) is 6.42 Å². The monoisotopic (exact) mass is 368 g/mol. The zero-order chi connectivity index (χ0) is 19.2. The van der Waals surface area contributed by atoms with Gasteiger partial charge in [0.1, 0.15) is 11.9 Å². The largest absolute Gasteiger partial charge is 0.369 e. The highest BCUT2D eigenvalue weighted by Crippen LogP contribution is 2.14. The Hall–Kier alpha value is -3.75. The number of guanidine groups is 2. The number of hydrogen-bond donors (Lipinski definition) is 4. The van der Waals surface area contributed by atoms with Gasteiger partial charge >= 0.3 is 0 Å². The third-order valence-electron chi connectivity index (χ3n) is 3.62. The lowest BCUT2D eigenvalue weighted by Gasteiger charge is -2.07. The molecule has 138 valence electrons. The minimum atomic E-state index is -0.958. The van der Waals surface area contributed by atoms with Crippen molar-refractivity contribution >= 4 is 35.1 Å². The predicted molar refractivity (Wildman–Crippen MR) is 101 cm³/mol. The average Bonchev–Trinajstić information content (AvgIpc) is 2.96. The van der Waals surface area contributed by atoms with Crippen LogP contribution in [0.25, 0.3) is 0 Å². The first-order chi connectivity index (χ1) is 13.0. The van der Waals surface area contributed by atoms with Crippen LogP contribution in [0.5, 0.6) is 0 Å². The number of halogens is 1. The van der Waals surface area contributed by atoms with Crippen LogP contribution in [0.15, 0.2) is 64.6 Å². The molecule has 0 spiro atoms. The Morgan fingerprint density at radius 1 is 1.15 bits per heavy atom. The molecule has 8 nitrogen and oxygen atoms in total. The van der Waals surface area contributed by atoms with Gasteiger partial charge in [-0.25, -0.2) is 9.38 Å². The Bertz CT molecular complexity index is 913. The van der Waals surface area contributed by atoms with Gasteiger partial charge in [0.2, 0.25) is 17.8 Å². The predicted octanol–water partition coefficient (Wildman–Crippen LogP) is 1.44. The van der Waals surface area contributed by atoms with Crippen LogP contribution in [-0.4, -0.2) is 29.8 Å². The maximum atomic E-state index is 13.6. The van der Waals surface area contributed by atoms with Crippen molar-refractivity contribution in [3.05, 3.63) is 60.4 Å². The van der Waals surface area contributed by atoms with Crippen molar-refractivity contribution in [3.63, 3.8) is 0 Å². The third kappa shape index (κ3) is 4.88. The number of carbonyl (C=O) groups excluding carboxylic acids is 2. The number of nitrogens with one attached hydrogen (secondary N) is 3. The van der Waals surface area contributed by atoms with E-state index in [1.54, 1.807) is 18.2 Å². The molecule has 2 amide bonds. The van der Waals surface area contributed by atoms with E-state index < -0.39 is 23.7 Å². The molecule has 1 aliphatic rings. The number of anilines is 2. The first kappa shape index (κ1) is 18.1. The number of aliphatic imine (C=N–C) groups is 2. The molecule has 9 heteroatoms. The number of nitrogens with zero attached hydrogens (tertiary/aromatic N) is 2. The molecule has 2 aromatic carbocycles. The normalized spacial score (nSPS) is 16.5. The summed E-state index contributed by atoms with van der Waals surface area (Å²) in [6, 6.07) is 13.9. The second-order valence-electron chi connectivity index (χ2n) is 5.68. The molecule has 0 aliphatic carbocycles. The lowest BCUT2D eigenvalue weighted by molar-refractivity contribution is -0.123. The summed E-state index contributed by atoms with van der Waals surface area (Å²) in [6.07, 6.45) is -0.245. The quantitative estimate of drug-likeness (QED) is 0.482. The number of amides is 2. The van der Waals surface area contributed by atoms with Crippen molar-refractivity contribution in [2.24, 2.45) is 15.7 Å². The molecule has 1 heterocycles. The highest BCUT2D eigenvalue weighted by Gasteiger charge is 2.28. The standard InChI is InChI=1S/C18H17FN6O2/c19-12-8-4-5-9-13(12)22-15(26)10-14-16(27)24-18(23-14)25-17(20)21-11-6-2-1-3-7-11/h1-9,14H,10H2,(H,22,26)(H4,20,21,23,24,25,27). The molecule has 0 bridgehead atoms. The maximum Gasteiger partial charge on any atom is 0.252 e. The van der Waals surface area contributed by atoms with Crippen LogP contribution in [0.3, 0.4) is 0 Å². The Kier molecular flexibility index (Phi) is 5.41. The molecule has 1 unspecified atom stereocenters. The second-order valence-corrected chi connectivity index (χ2v) is 5.68. The molecule has 3 rings (SSSR count). The van der Waals surface area contributed by atoms with Gasteiger partial charge in [0.15, 0.2) is 0 Å². The zero-order valence-electron chi connectivity index (χ0n) is 14.1. The van der Waals surface area contributed by atoms with Gasteiger partial charge in [-0.05, 0) is 24.3 Å². The lowest BCUT2D eigenvalue weighted by atomic mass is 10.2. The highest BCUT2D eigenvalue weighted by atomic mass is 19.1. The van der Waals surface area contributed by atoms with Crippen molar-refractivity contribution in [1.29, 1.82) is 0 Å². The average molecular weight is 368 g/mol. The van der Waals surface area contributed by atoms with E-state index in [-0.39, 0.29) is 24.0 Å². The van der Waals surface area contributed by atoms with Crippen molar-refractivity contribution in [3.8, 4) is 0 Å². The smallest absolute Gasteiger partial charge is 0.252 e. The Balaban J connectivity index is 1.61. The molecule has 0 saturated heterocycles. The minimum Gasteiger partial charge on any atom is -0.369 e. The summed E-state index contributed by atoms with van der Waals surface area (Å²) < 4.78 is 13.6. The van der Waals surface area contributed by atoms with E-state index in [9.17, 15) is 14.0 Å². The van der Waals surface area contributed by atoms with Crippen molar-refractivity contribution in [1.82, 2.24) is 5.32 Å². The van der Waals surface area contributed by atoms with Gasteiger partial charge in [0.25, 0.3) is 5.91 Å². The van der Waals surface area contributed by atoms with Crippen molar-refractivity contribution in [2.75, 3.05) is 10.6 Å². The number of rotatable bonds is 4. The third-order valence-corrected chi connectivity index (χ3v) is 3.62. The zero-order valence-corrected chi connectivity index (χ0v) is 14.1. The summed E-state index contributed by atoms with van der Waals surface area (Å²) in [5.74, 6) is -1.54. The van der Waals surface area contributed by atoms with Crippen molar-refractivity contribution < 1.29 is 14.0 Å². The second kappa shape index (κ2) is 8.09. The summed E-state index contributed by atoms with van der Waals surface area (Å²) in [6.45, 7) is 0. The molecule has 0 aromatic heterocycles. The molecular weight excluding hydrogens is 351 g/mol. The van der Waals surface area contributed by atoms with E-state index in [0.717, 1.165) is 5.69 Å². The van der Waals surface area contributed by atoms with Crippen LogP contribution in [0.2, 0.25) is 0 Å². The Morgan fingerprint density at radius 2 is 1.85 bits per heavy atom. The molecule has 2 aromatic rings. The topological polar surface area (TPSA) is 121 Å². The van der Waals surface area contributed by atoms with Crippen LogP contribution in [0, 0.1) is 5.82 Å². The van der Waals surface area contributed by atoms with E-state index in [4.69, 9.17) is 5.73 Å². The van der Waals surface area contributed by atoms with Gasteiger partial charge in [-0.1, -0.05) is 30.3 Å². The fourth-order valence-corrected chi connectivity index (χ4v) is 2.38. The fraction of sp³-hybridized carbons (Fsp3) is 0.111. The number of hydrogen-bond acceptors (Lipinski definition) is 4. The molecule has 0 fully saturated rings. The molecule has 27 heavy (non-hydrogen) atoms. The molecule has 0 radical (unpaired) electrons. The molecular formula is C18H17FN6O2. The van der Waals surface area contributed by atoms with Crippen LogP contribution in [-0.2, 0) is 9.59 Å². The van der Waals surface area contributed by atoms with E-state index in [1.807, 2.05) is 18.2 Å². The molecule has 5 N–H and O–H groups in total. The summed E-state index contributed by atoms with van der Waals surface area (Å²) in [5, 5.41) is 7.71. The molecule has 1 aliphatic heterocycles. The van der Waals surface area contributed by atoms with Gasteiger partial charge in [0.05, 0.1) is 12.1 Å². The highest BCUT2D eigenvalue weighted by molar-refractivity contribution is 6.11. The van der Waals surface area contributed by atoms with E-state index >= 15 is 0 Å². The SMILES string of the molecule is N/C(=N\C1=NC(CC(=O)Nc2ccccc2F)C(=O)N1)Nc1ccccc1. The Labute approximate surface area is 154 Å². The van der Waals surface area contributed by atoms with Crippen LogP contribution in [0.4, 0.5) is 15.8 Å². The summed E-state index contributed by atoms with van der Waals surface area (Å²) in [4.78, 5) is 32.0. The molecule has 1 atom stereocenters. The van der Waals surface area contributed by atoms with Gasteiger partial charge in [-0.15, -0.1) is 0 Å². The number of para-hydroxylation sites is 2. The number of nitrogens with two attached hydrogens (primary N) is 1. The number of carbonyl (C=O) groups is 2. The van der Waals surface area contributed by atoms with Crippen molar-refractivity contribution in [2.45, 2.75) is 12.5 Å². The summed E-state index contributed by atoms with van der Waals surface area (Å²) in [5.41, 5.74) is 6.55. The van der Waals surface area contributed by atoms with Gasteiger partial charge in [-0.2, -0.15) is 4.99 Å². The summed E-state index contributed by atoms with van der Waals surface area (Å²) in [7, 11) is 0. The van der Waals surface area contributed by atoms with Crippen LogP contribution >= 0.6 is 0 Å². The first-order valence-electron chi connectivity index (χ1n) is 8.10. The van der Waals surface area contributed by atoms with E-state index in [2.05, 4.69) is 25.9 Å². The fourth-order valence-electron chi connectivity index (χ4n) is 2.38. The van der Waals surface area contributed by atoms with E-state index in [1.165, 1.54) is 18.2 Å². The summed E-state index contributed by atoms with van der Waals surface area (Å²) >= 11 is 0. The maximum absolute atomic E-state index is 13.6. The Morgan fingerprint density at radius 3 is 2.59 bits per heavy atom. The van der Waals surface area contributed by atoms with E-state index in [0.29, 0.717) is 0 Å². The molecule has 0 saturated carbocycles. The number of benzene rings is 2. The van der Waals surface area contributed by atoms with Gasteiger partial charge < -0.3 is 16.4 Å². The first-order valence-corrected chi connectivity index (χ1v) is 8.10. The van der Waals surface area contributed by atoms with Gasteiger partial charge in [0, 0.05) is 5.69 Å². The minimum absolute atomic E-state index is 0.00428. The van der Waals surface area contributed by atoms with Gasteiger partial charge in [-0.3, -0.25) is 14.9 Å². The van der Waals surface area contributed by atoms with Crippen LogP contribution < -0.4 is 21.7 Å².